The van der Waals surface area contributed by atoms with Crippen molar-refractivity contribution in [1.29, 1.82) is 0 Å². The first-order valence-electron chi connectivity index (χ1n) is 7.60. The third-order valence-electron chi connectivity index (χ3n) is 3.96. The van der Waals surface area contributed by atoms with Crippen molar-refractivity contribution >= 4 is 15.9 Å². The first-order chi connectivity index (χ1) is 10.3. The zero-order valence-electron chi connectivity index (χ0n) is 13.4. The van der Waals surface area contributed by atoms with E-state index in [1.165, 1.54) is 4.31 Å². The van der Waals surface area contributed by atoms with Crippen molar-refractivity contribution in [2.45, 2.75) is 39.3 Å². The van der Waals surface area contributed by atoms with Crippen LogP contribution in [0.4, 0.5) is 0 Å². The molecule has 22 heavy (non-hydrogen) atoms. The quantitative estimate of drug-likeness (QED) is 0.893. The van der Waals surface area contributed by atoms with Crippen LogP contribution in [0.25, 0.3) is 0 Å². The summed E-state index contributed by atoms with van der Waals surface area (Å²) in [5.74, 6) is 0.291. The number of fused-ring (bicyclic) bond motifs is 1. The highest BCUT2D eigenvalue weighted by atomic mass is 32.2. The van der Waals surface area contributed by atoms with E-state index in [0.717, 1.165) is 23.8 Å². The average molecular weight is 324 g/mol. The molecule has 0 unspecified atom stereocenters. The van der Waals surface area contributed by atoms with Gasteiger partial charge < -0.3 is 5.32 Å². The van der Waals surface area contributed by atoms with E-state index >= 15 is 0 Å². The van der Waals surface area contributed by atoms with E-state index in [0.29, 0.717) is 18.9 Å². The molecule has 1 amide bonds. The SMILES string of the molecule is CC(C)CCNC(=O)[C@@H]1Cc2ccccc2CN1S(C)(=O)=O. The molecule has 0 aromatic heterocycles. The maximum atomic E-state index is 12.4. The Labute approximate surface area is 132 Å². The van der Waals surface area contributed by atoms with Crippen molar-refractivity contribution in [3.05, 3.63) is 35.4 Å². The van der Waals surface area contributed by atoms with Crippen LogP contribution in [0.2, 0.25) is 0 Å². The van der Waals surface area contributed by atoms with Gasteiger partial charge in [-0.2, -0.15) is 4.31 Å². The molecule has 0 spiro atoms. The molecule has 0 fully saturated rings. The van der Waals surface area contributed by atoms with Crippen LogP contribution in [0, 0.1) is 5.92 Å². The summed E-state index contributed by atoms with van der Waals surface area (Å²) < 4.78 is 25.4. The summed E-state index contributed by atoms with van der Waals surface area (Å²) in [5.41, 5.74) is 2.02. The molecule has 0 aliphatic carbocycles. The van der Waals surface area contributed by atoms with E-state index in [9.17, 15) is 13.2 Å². The number of nitrogens with zero attached hydrogens (tertiary/aromatic N) is 1. The van der Waals surface area contributed by atoms with E-state index in [1.807, 2.05) is 24.3 Å². The summed E-state index contributed by atoms with van der Waals surface area (Å²) in [4.78, 5) is 12.4. The van der Waals surface area contributed by atoms with Crippen LogP contribution in [-0.4, -0.2) is 37.5 Å². The zero-order valence-corrected chi connectivity index (χ0v) is 14.2. The Bertz CT molecular complexity index is 641. The second-order valence-corrected chi connectivity index (χ2v) is 8.21. The summed E-state index contributed by atoms with van der Waals surface area (Å²) in [6.45, 7) is 5.02. The fourth-order valence-electron chi connectivity index (χ4n) is 2.67. The van der Waals surface area contributed by atoms with Crippen LogP contribution in [0.5, 0.6) is 0 Å². The Hall–Kier alpha value is -1.40. The normalized spacial score (nSPS) is 19.0. The van der Waals surface area contributed by atoms with Crippen molar-refractivity contribution in [1.82, 2.24) is 9.62 Å². The maximum absolute atomic E-state index is 12.4. The Morgan fingerprint density at radius 1 is 1.32 bits per heavy atom. The summed E-state index contributed by atoms with van der Waals surface area (Å²) in [6.07, 6.45) is 2.47. The number of hydrogen-bond donors (Lipinski definition) is 1. The number of benzene rings is 1. The lowest BCUT2D eigenvalue weighted by molar-refractivity contribution is -0.125. The molecule has 1 aromatic rings. The fraction of sp³-hybridized carbons (Fsp3) is 0.562. The number of carbonyl (C=O) groups is 1. The molecular weight excluding hydrogens is 300 g/mol. The number of carbonyl (C=O) groups excluding carboxylic acids is 1. The maximum Gasteiger partial charge on any atom is 0.238 e. The molecule has 1 aliphatic rings. The first-order valence-corrected chi connectivity index (χ1v) is 9.45. The molecule has 1 heterocycles. The number of sulfonamides is 1. The second kappa shape index (κ2) is 6.79. The predicted octanol–water partition coefficient (Wildman–Crippen LogP) is 1.54. The molecule has 2 rings (SSSR count). The van der Waals surface area contributed by atoms with Crippen LogP contribution >= 0.6 is 0 Å². The van der Waals surface area contributed by atoms with Crippen molar-refractivity contribution in [3.8, 4) is 0 Å². The third kappa shape index (κ3) is 4.08. The van der Waals surface area contributed by atoms with Crippen molar-refractivity contribution < 1.29 is 13.2 Å². The minimum atomic E-state index is -3.43. The van der Waals surface area contributed by atoms with Crippen LogP contribution in [0.1, 0.15) is 31.4 Å². The third-order valence-corrected chi connectivity index (χ3v) is 5.19. The van der Waals surface area contributed by atoms with E-state index in [-0.39, 0.29) is 12.5 Å². The van der Waals surface area contributed by atoms with Gasteiger partial charge in [-0.05, 0) is 29.9 Å². The van der Waals surface area contributed by atoms with Gasteiger partial charge in [0.05, 0.1) is 6.26 Å². The molecule has 6 heteroatoms. The smallest absolute Gasteiger partial charge is 0.238 e. The highest BCUT2D eigenvalue weighted by Gasteiger charge is 2.36. The molecule has 122 valence electrons. The lowest BCUT2D eigenvalue weighted by Gasteiger charge is -2.34. The number of nitrogens with one attached hydrogen (secondary N) is 1. The zero-order chi connectivity index (χ0) is 16.3. The molecule has 1 aromatic carbocycles. The molecule has 5 nitrogen and oxygen atoms in total. The summed E-state index contributed by atoms with van der Waals surface area (Å²) >= 11 is 0. The molecular formula is C16H24N2O3S. The van der Waals surface area contributed by atoms with E-state index in [4.69, 9.17) is 0 Å². The van der Waals surface area contributed by atoms with Gasteiger partial charge in [0.15, 0.2) is 0 Å². The minimum absolute atomic E-state index is 0.208. The lowest BCUT2D eigenvalue weighted by atomic mass is 9.95. The van der Waals surface area contributed by atoms with Gasteiger partial charge in [-0.15, -0.1) is 0 Å². The number of rotatable bonds is 5. The minimum Gasteiger partial charge on any atom is -0.355 e. The van der Waals surface area contributed by atoms with Gasteiger partial charge in [-0.3, -0.25) is 4.79 Å². The van der Waals surface area contributed by atoms with Gasteiger partial charge in [0, 0.05) is 13.1 Å². The largest absolute Gasteiger partial charge is 0.355 e. The highest BCUT2D eigenvalue weighted by Crippen LogP contribution is 2.25. The van der Waals surface area contributed by atoms with Crippen LogP contribution in [-0.2, 0) is 27.8 Å². The predicted molar refractivity (Wildman–Crippen MR) is 86.8 cm³/mol. The van der Waals surface area contributed by atoms with Crippen LogP contribution in [0.3, 0.4) is 0 Å². The van der Waals surface area contributed by atoms with Crippen molar-refractivity contribution in [2.24, 2.45) is 5.92 Å². The van der Waals surface area contributed by atoms with Gasteiger partial charge in [0.2, 0.25) is 15.9 Å². The molecule has 1 N–H and O–H groups in total. The number of amides is 1. The van der Waals surface area contributed by atoms with Gasteiger partial charge in [-0.1, -0.05) is 38.1 Å². The topological polar surface area (TPSA) is 66.5 Å². The average Bonchev–Trinajstić information content (AvgIpc) is 2.44. The highest BCUT2D eigenvalue weighted by molar-refractivity contribution is 7.88. The Morgan fingerprint density at radius 2 is 1.95 bits per heavy atom. The summed E-state index contributed by atoms with van der Waals surface area (Å²) in [5, 5.41) is 2.87. The van der Waals surface area contributed by atoms with Crippen molar-refractivity contribution in [2.75, 3.05) is 12.8 Å². The Morgan fingerprint density at radius 3 is 2.55 bits per heavy atom. The molecule has 0 saturated carbocycles. The molecule has 1 atom stereocenters. The van der Waals surface area contributed by atoms with Crippen LogP contribution in [0.15, 0.2) is 24.3 Å². The molecule has 0 bridgehead atoms. The monoisotopic (exact) mass is 324 g/mol. The standard InChI is InChI=1S/C16H24N2O3S/c1-12(2)8-9-17-16(19)15-10-13-6-4-5-7-14(13)11-18(15)22(3,20)21/h4-7,12,15H,8-11H2,1-3H3,(H,17,19)/t15-/m0/s1. The van der Waals surface area contributed by atoms with Gasteiger partial charge in [0.1, 0.15) is 6.04 Å². The van der Waals surface area contributed by atoms with E-state index in [2.05, 4.69) is 19.2 Å². The second-order valence-electron chi connectivity index (χ2n) is 6.27. The molecule has 1 aliphatic heterocycles. The molecule has 0 radical (unpaired) electrons. The Kier molecular flexibility index (Phi) is 5.24. The number of hydrogen-bond acceptors (Lipinski definition) is 3. The fourth-order valence-corrected chi connectivity index (χ4v) is 3.68. The Balaban J connectivity index is 2.18. The van der Waals surface area contributed by atoms with Crippen molar-refractivity contribution in [3.63, 3.8) is 0 Å². The lowest BCUT2D eigenvalue weighted by Crippen LogP contribution is -2.52. The van der Waals surface area contributed by atoms with Gasteiger partial charge in [0.25, 0.3) is 0 Å². The van der Waals surface area contributed by atoms with Gasteiger partial charge >= 0.3 is 0 Å². The van der Waals surface area contributed by atoms with Gasteiger partial charge in [-0.25, -0.2) is 8.42 Å². The molecule has 0 saturated heterocycles. The van der Waals surface area contributed by atoms with E-state index in [1.54, 1.807) is 0 Å². The first kappa shape index (κ1) is 17.0. The van der Waals surface area contributed by atoms with Crippen LogP contribution < -0.4 is 5.32 Å². The summed E-state index contributed by atoms with van der Waals surface area (Å²) in [7, 11) is -3.43. The van der Waals surface area contributed by atoms with E-state index < -0.39 is 16.1 Å². The summed E-state index contributed by atoms with van der Waals surface area (Å²) in [6, 6.07) is 7.03.